The second-order valence-electron chi connectivity index (χ2n) is 3.66. The van der Waals surface area contributed by atoms with E-state index in [0.29, 0.717) is 21.8 Å². The molecular weight excluding hydrogens is 226 g/mol. The summed E-state index contributed by atoms with van der Waals surface area (Å²) in [6, 6.07) is 0. The molecule has 0 radical (unpaired) electrons. The third kappa shape index (κ3) is 1.94. The van der Waals surface area contributed by atoms with Gasteiger partial charge in [0, 0.05) is 5.92 Å². The van der Waals surface area contributed by atoms with Crippen molar-refractivity contribution in [2.24, 2.45) is 5.92 Å². The summed E-state index contributed by atoms with van der Waals surface area (Å²) in [4.78, 5) is 25.3. The van der Waals surface area contributed by atoms with Gasteiger partial charge in [-0.25, -0.2) is 9.97 Å². The van der Waals surface area contributed by atoms with Gasteiger partial charge >= 0.3 is 0 Å². The first-order chi connectivity index (χ1) is 7.58. The molecule has 1 amide bonds. The van der Waals surface area contributed by atoms with E-state index in [9.17, 15) is 4.79 Å². The maximum Gasteiger partial charge on any atom is 0.229 e. The van der Waals surface area contributed by atoms with Gasteiger partial charge in [-0.1, -0.05) is 26.1 Å². The van der Waals surface area contributed by atoms with Gasteiger partial charge < -0.3 is 9.97 Å². The molecule has 0 fully saturated rings. The van der Waals surface area contributed by atoms with Crippen molar-refractivity contribution in [3.63, 3.8) is 0 Å². The van der Waals surface area contributed by atoms with Gasteiger partial charge in [0.15, 0.2) is 10.3 Å². The number of hydrogen-bond acceptors (Lipinski definition) is 4. The molecule has 3 N–H and O–H groups in total. The van der Waals surface area contributed by atoms with Crippen LogP contribution in [0.4, 0.5) is 5.95 Å². The van der Waals surface area contributed by atoms with E-state index in [4.69, 9.17) is 12.2 Å². The second-order valence-corrected chi connectivity index (χ2v) is 4.05. The molecule has 84 valence electrons. The molecule has 0 aliphatic carbocycles. The summed E-state index contributed by atoms with van der Waals surface area (Å²) in [5.74, 6) is 0.0926. The maximum absolute atomic E-state index is 11.5. The third-order valence-corrected chi connectivity index (χ3v) is 2.36. The van der Waals surface area contributed by atoms with Crippen molar-refractivity contribution < 1.29 is 4.79 Å². The minimum Gasteiger partial charge on any atom is -0.341 e. The predicted octanol–water partition coefficient (Wildman–Crippen LogP) is 1.61. The molecule has 2 rings (SSSR count). The summed E-state index contributed by atoms with van der Waals surface area (Å²) >= 11 is 5.06. The Labute approximate surface area is 96.5 Å². The normalized spacial score (nSPS) is 10.9. The molecule has 0 spiro atoms. The fraction of sp³-hybridized carbons (Fsp3) is 0.333. The lowest BCUT2D eigenvalue weighted by Gasteiger charge is -2.06. The molecule has 16 heavy (non-hydrogen) atoms. The van der Waals surface area contributed by atoms with Gasteiger partial charge in [0.05, 0.1) is 6.33 Å². The average Bonchev–Trinajstić information content (AvgIpc) is 2.65. The van der Waals surface area contributed by atoms with Crippen LogP contribution in [0.25, 0.3) is 11.2 Å². The molecule has 2 aromatic rings. The SMILES string of the molecule is CC(C)C(=O)Nc1nc(=S)c2[nH]cnc2[nH]1. The largest absolute Gasteiger partial charge is 0.341 e. The van der Waals surface area contributed by atoms with Crippen LogP contribution in [0.2, 0.25) is 0 Å². The summed E-state index contributed by atoms with van der Waals surface area (Å²) in [7, 11) is 0. The van der Waals surface area contributed by atoms with E-state index in [1.807, 2.05) is 0 Å². The van der Waals surface area contributed by atoms with Crippen LogP contribution in [0.1, 0.15) is 13.8 Å². The minimum absolute atomic E-state index is 0.112. The van der Waals surface area contributed by atoms with Gasteiger partial charge in [-0.15, -0.1) is 0 Å². The Hall–Kier alpha value is -1.76. The molecule has 2 aromatic heterocycles. The maximum atomic E-state index is 11.5. The van der Waals surface area contributed by atoms with Crippen molar-refractivity contribution in [2.45, 2.75) is 13.8 Å². The molecule has 0 bridgehead atoms. The van der Waals surface area contributed by atoms with Crippen LogP contribution in [0.5, 0.6) is 0 Å². The van der Waals surface area contributed by atoms with Crippen LogP contribution >= 0.6 is 12.2 Å². The fourth-order valence-corrected chi connectivity index (χ4v) is 1.42. The standard InChI is InChI=1S/C9H11N5OS/c1-4(2)7(15)13-9-12-6-5(8(16)14-9)10-3-11-6/h3-4H,1-2H3,(H3,10,11,12,13,14,15,16). The Morgan fingerprint density at radius 1 is 1.56 bits per heavy atom. The van der Waals surface area contributed by atoms with Gasteiger partial charge in [-0.2, -0.15) is 0 Å². The molecule has 0 aromatic carbocycles. The lowest BCUT2D eigenvalue weighted by atomic mass is 10.2. The fourth-order valence-electron chi connectivity index (χ4n) is 1.17. The highest BCUT2D eigenvalue weighted by atomic mass is 32.1. The second kappa shape index (κ2) is 4.01. The van der Waals surface area contributed by atoms with Crippen LogP contribution in [0, 0.1) is 10.6 Å². The number of nitrogens with zero attached hydrogens (tertiary/aromatic N) is 2. The molecule has 2 heterocycles. The molecule has 6 nitrogen and oxygen atoms in total. The van der Waals surface area contributed by atoms with Crippen LogP contribution in [0.15, 0.2) is 6.33 Å². The lowest BCUT2D eigenvalue weighted by Crippen LogP contribution is -2.19. The van der Waals surface area contributed by atoms with Gasteiger partial charge in [0.25, 0.3) is 0 Å². The van der Waals surface area contributed by atoms with Gasteiger partial charge in [-0.3, -0.25) is 10.1 Å². The first kappa shape index (κ1) is 10.7. The van der Waals surface area contributed by atoms with Crippen molar-refractivity contribution in [3.8, 4) is 0 Å². The van der Waals surface area contributed by atoms with Crippen LogP contribution in [0.3, 0.4) is 0 Å². The topological polar surface area (TPSA) is 86.5 Å². The van der Waals surface area contributed by atoms with Crippen molar-refractivity contribution >= 4 is 35.2 Å². The van der Waals surface area contributed by atoms with Crippen LogP contribution in [-0.2, 0) is 4.79 Å². The van der Waals surface area contributed by atoms with E-state index in [1.165, 1.54) is 6.33 Å². The number of fused-ring (bicyclic) bond motifs is 1. The number of aromatic nitrogens is 4. The number of carbonyl (C=O) groups excluding carboxylic acids is 1. The molecule has 7 heteroatoms. The van der Waals surface area contributed by atoms with Gasteiger partial charge in [-0.05, 0) is 0 Å². The molecule has 0 unspecified atom stereocenters. The number of anilines is 1. The zero-order chi connectivity index (χ0) is 11.7. The highest BCUT2D eigenvalue weighted by Gasteiger charge is 2.09. The van der Waals surface area contributed by atoms with E-state index in [1.54, 1.807) is 13.8 Å². The number of H-pyrrole nitrogens is 2. The van der Waals surface area contributed by atoms with E-state index in [0.717, 1.165) is 0 Å². The number of hydrogen-bond donors (Lipinski definition) is 3. The number of aromatic amines is 2. The quantitative estimate of drug-likeness (QED) is 0.692. The number of imidazole rings is 1. The van der Waals surface area contributed by atoms with E-state index >= 15 is 0 Å². The Morgan fingerprint density at radius 2 is 2.31 bits per heavy atom. The summed E-state index contributed by atoms with van der Waals surface area (Å²) in [5, 5.41) is 2.64. The molecule has 0 aliphatic rings. The average molecular weight is 237 g/mol. The van der Waals surface area contributed by atoms with E-state index < -0.39 is 0 Å². The Morgan fingerprint density at radius 3 is 3.00 bits per heavy atom. The molecule has 0 aliphatic heterocycles. The first-order valence-corrected chi connectivity index (χ1v) is 5.23. The summed E-state index contributed by atoms with van der Waals surface area (Å²) in [6.07, 6.45) is 1.52. The zero-order valence-electron chi connectivity index (χ0n) is 8.87. The Kier molecular flexibility index (Phi) is 2.69. The number of rotatable bonds is 2. The smallest absolute Gasteiger partial charge is 0.229 e. The monoisotopic (exact) mass is 237 g/mol. The molecule has 0 atom stereocenters. The highest BCUT2D eigenvalue weighted by Crippen LogP contribution is 2.10. The summed E-state index contributed by atoms with van der Waals surface area (Å²) < 4.78 is 0.380. The number of amides is 1. The third-order valence-electron chi connectivity index (χ3n) is 2.07. The zero-order valence-corrected chi connectivity index (χ0v) is 9.68. The number of carbonyl (C=O) groups is 1. The van der Waals surface area contributed by atoms with Crippen molar-refractivity contribution in [1.82, 2.24) is 19.9 Å². The van der Waals surface area contributed by atoms with E-state index in [2.05, 4.69) is 25.3 Å². The van der Waals surface area contributed by atoms with E-state index in [-0.39, 0.29) is 11.8 Å². The Balaban J connectivity index is 2.39. The van der Waals surface area contributed by atoms with Gasteiger partial charge in [0.1, 0.15) is 5.52 Å². The summed E-state index contributed by atoms with van der Waals surface area (Å²) in [5.41, 5.74) is 1.25. The van der Waals surface area contributed by atoms with Crippen LogP contribution in [-0.4, -0.2) is 25.8 Å². The number of nitrogens with one attached hydrogen (secondary N) is 3. The predicted molar refractivity (Wildman–Crippen MR) is 62.5 cm³/mol. The van der Waals surface area contributed by atoms with Crippen molar-refractivity contribution in [2.75, 3.05) is 5.32 Å². The highest BCUT2D eigenvalue weighted by molar-refractivity contribution is 7.71. The summed E-state index contributed by atoms with van der Waals surface area (Å²) in [6.45, 7) is 3.61. The first-order valence-electron chi connectivity index (χ1n) is 4.82. The van der Waals surface area contributed by atoms with Crippen molar-refractivity contribution in [1.29, 1.82) is 0 Å². The van der Waals surface area contributed by atoms with Crippen LogP contribution < -0.4 is 5.32 Å². The molecular formula is C9H11N5OS. The Bertz CT molecular complexity index is 585. The lowest BCUT2D eigenvalue weighted by molar-refractivity contribution is -0.118. The van der Waals surface area contributed by atoms with Crippen molar-refractivity contribution in [3.05, 3.63) is 11.0 Å². The van der Waals surface area contributed by atoms with Gasteiger partial charge in [0.2, 0.25) is 11.9 Å². The molecule has 0 saturated carbocycles. The molecule has 0 saturated heterocycles. The minimum atomic E-state index is -0.118.